The van der Waals surface area contributed by atoms with Gasteiger partial charge in [-0.05, 0) is 38.6 Å². The standard InChI is InChI=1S/C20H23F3N2O9/c1-12-8-13(2)16-14(9-12)10-15(17(34-16)20(21,22)23)18(26)31-11-32-19(27)30-6-4-24(3)5-7-33-25(28)29/h8-10,17H,4-7,11H2,1-3H3/t17-/m0/s1. The Labute approximate surface area is 192 Å². The smallest absolute Gasteiger partial charge is 0.475 e. The highest BCUT2D eigenvalue weighted by molar-refractivity contribution is 5.96. The van der Waals surface area contributed by atoms with Crippen LogP contribution in [0.1, 0.15) is 16.7 Å². The molecule has 1 aromatic rings. The van der Waals surface area contributed by atoms with Gasteiger partial charge in [-0.15, -0.1) is 10.1 Å². The van der Waals surface area contributed by atoms with Crippen LogP contribution >= 0.6 is 0 Å². The lowest BCUT2D eigenvalue weighted by Gasteiger charge is -2.29. The second-order valence-corrected chi connectivity index (χ2v) is 7.29. The number of rotatable bonds is 10. The molecule has 0 N–H and O–H groups in total. The summed E-state index contributed by atoms with van der Waals surface area (Å²) in [4.78, 5) is 39.6. The molecule has 1 aliphatic rings. The van der Waals surface area contributed by atoms with Crippen LogP contribution in [0.15, 0.2) is 17.7 Å². The molecule has 1 heterocycles. The first-order chi connectivity index (χ1) is 15.9. The van der Waals surface area contributed by atoms with Gasteiger partial charge in [0.1, 0.15) is 19.0 Å². The first-order valence-corrected chi connectivity index (χ1v) is 9.87. The lowest BCUT2D eigenvalue weighted by atomic mass is 9.97. The number of hydrogen-bond acceptors (Lipinski definition) is 10. The topological polar surface area (TPSA) is 127 Å². The van der Waals surface area contributed by atoms with Crippen LogP contribution in [0.4, 0.5) is 18.0 Å². The van der Waals surface area contributed by atoms with Crippen molar-refractivity contribution in [3.05, 3.63) is 44.5 Å². The molecule has 0 bridgehead atoms. The molecule has 1 aromatic carbocycles. The summed E-state index contributed by atoms with van der Waals surface area (Å²) in [5, 5.41) is 9.12. The largest absolute Gasteiger partial charge is 0.511 e. The fourth-order valence-electron chi connectivity index (χ4n) is 3.01. The van der Waals surface area contributed by atoms with Gasteiger partial charge >= 0.3 is 18.3 Å². The minimum absolute atomic E-state index is 0.0132. The predicted octanol–water partition coefficient (Wildman–Crippen LogP) is 2.80. The van der Waals surface area contributed by atoms with E-state index < -0.39 is 41.9 Å². The SMILES string of the molecule is Cc1cc(C)c2c(c1)C=C(C(=O)OCOC(=O)OCCN(C)CCO[N+](=O)[O-])[C@@H](C(F)(F)F)O2. The molecule has 0 saturated carbocycles. The van der Waals surface area contributed by atoms with E-state index in [1.807, 2.05) is 0 Å². The molecule has 0 aliphatic carbocycles. The van der Waals surface area contributed by atoms with E-state index >= 15 is 0 Å². The molecule has 0 saturated heterocycles. The fraction of sp³-hybridized carbons (Fsp3) is 0.500. The van der Waals surface area contributed by atoms with E-state index in [1.165, 1.54) is 0 Å². The zero-order valence-corrected chi connectivity index (χ0v) is 18.5. The zero-order valence-electron chi connectivity index (χ0n) is 18.5. The molecule has 11 nitrogen and oxygen atoms in total. The number of carbonyl (C=O) groups is 2. The number of halogens is 3. The van der Waals surface area contributed by atoms with E-state index in [2.05, 4.69) is 14.3 Å². The van der Waals surface area contributed by atoms with Gasteiger partial charge in [-0.1, -0.05) is 11.6 Å². The maximum Gasteiger partial charge on any atom is 0.511 e. The Morgan fingerprint density at radius 2 is 1.82 bits per heavy atom. The molecular weight excluding hydrogens is 469 g/mol. The molecule has 34 heavy (non-hydrogen) atoms. The van der Waals surface area contributed by atoms with Gasteiger partial charge in [0.15, 0.2) is 0 Å². The molecule has 0 aromatic heterocycles. The minimum Gasteiger partial charge on any atom is -0.475 e. The molecule has 0 radical (unpaired) electrons. The first kappa shape index (κ1) is 26.7. The van der Waals surface area contributed by atoms with Gasteiger partial charge in [0.05, 0.1) is 5.57 Å². The highest BCUT2D eigenvalue weighted by Gasteiger charge is 2.49. The van der Waals surface area contributed by atoms with Gasteiger partial charge in [0.25, 0.3) is 5.09 Å². The van der Waals surface area contributed by atoms with Crippen LogP contribution < -0.4 is 4.74 Å². The van der Waals surface area contributed by atoms with Gasteiger partial charge in [0.2, 0.25) is 12.9 Å². The maximum absolute atomic E-state index is 13.5. The lowest BCUT2D eigenvalue weighted by molar-refractivity contribution is -0.757. The van der Waals surface area contributed by atoms with Crippen LogP contribution in [-0.4, -0.2) is 74.5 Å². The van der Waals surface area contributed by atoms with Crippen LogP contribution in [0, 0.1) is 24.0 Å². The minimum atomic E-state index is -4.89. The van der Waals surface area contributed by atoms with Crippen molar-refractivity contribution >= 4 is 18.2 Å². The van der Waals surface area contributed by atoms with Crippen LogP contribution in [0.2, 0.25) is 0 Å². The van der Waals surface area contributed by atoms with Crippen molar-refractivity contribution in [1.82, 2.24) is 4.90 Å². The number of nitrogens with zero attached hydrogens (tertiary/aromatic N) is 2. The number of ether oxygens (including phenoxy) is 4. The van der Waals surface area contributed by atoms with E-state index in [4.69, 9.17) is 9.47 Å². The van der Waals surface area contributed by atoms with E-state index in [9.17, 15) is 32.9 Å². The van der Waals surface area contributed by atoms with Gasteiger partial charge < -0.3 is 28.7 Å². The van der Waals surface area contributed by atoms with Gasteiger partial charge in [0, 0.05) is 18.7 Å². The first-order valence-electron chi connectivity index (χ1n) is 9.87. The molecular formula is C20H23F3N2O9. The van der Waals surface area contributed by atoms with Crippen molar-refractivity contribution in [3.8, 4) is 5.75 Å². The molecule has 0 spiro atoms. The van der Waals surface area contributed by atoms with Crippen molar-refractivity contribution in [2.24, 2.45) is 0 Å². The monoisotopic (exact) mass is 492 g/mol. The van der Waals surface area contributed by atoms with Crippen molar-refractivity contribution in [2.75, 3.05) is 40.1 Å². The summed E-state index contributed by atoms with van der Waals surface area (Å²) in [6.07, 6.45) is -7.62. The highest BCUT2D eigenvalue weighted by Crippen LogP contribution is 2.39. The van der Waals surface area contributed by atoms with Crippen molar-refractivity contribution < 1.29 is 51.6 Å². The maximum atomic E-state index is 13.5. The Kier molecular flexibility index (Phi) is 9.06. The highest BCUT2D eigenvalue weighted by atomic mass is 19.4. The summed E-state index contributed by atoms with van der Waals surface area (Å²) in [5.74, 6) is -1.36. The third kappa shape index (κ3) is 7.79. The summed E-state index contributed by atoms with van der Waals surface area (Å²) in [6, 6.07) is 3.22. The lowest BCUT2D eigenvalue weighted by Crippen LogP contribution is -2.41. The second kappa shape index (κ2) is 11.5. The van der Waals surface area contributed by atoms with E-state index in [1.54, 1.807) is 37.9 Å². The Balaban J connectivity index is 1.87. The van der Waals surface area contributed by atoms with Gasteiger partial charge in [-0.3, -0.25) is 0 Å². The molecule has 0 unspecified atom stereocenters. The van der Waals surface area contributed by atoms with Gasteiger partial charge in [-0.2, -0.15) is 13.2 Å². The number of likely N-dealkylation sites (N-methyl/N-ethyl adjacent to an activating group) is 1. The van der Waals surface area contributed by atoms with Crippen molar-refractivity contribution in [2.45, 2.75) is 26.1 Å². The van der Waals surface area contributed by atoms with E-state index in [0.29, 0.717) is 5.56 Å². The number of alkyl halides is 3. The molecule has 0 fully saturated rings. The summed E-state index contributed by atoms with van der Waals surface area (Å²) < 4.78 is 59.5. The zero-order chi connectivity index (χ0) is 25.5. The third-order valence-corrected chi connectivity index (χ3v) is 4.54. The van der Waals surface area contributed by atoms with Crippen molar-refractivity contribution in [1.29, 1.82) is 0 Å². The second-order valence-electron chi connectivity index (χ2n) is 7.29. The Hall–Kier alpha value is -3.55. The van der Waals surface area contributed by atoms with Crippen LogP contribution in [-0.2, 0) is 23.8 Å². The molecule has 1 aliphatic heterocycles. The van der Waals surface area contributed by atoms with E-state index in [-0.39, 0.29) is 37.6 Å². The number of aryl methyl sites for hydroxylation is 2. The molecule has 0 amide bonds. The molecule has 14 heteroatoms. The average Bonchev–Trinajstić information content (AvgIpc) is 2.71. The van der Waals surface area contributed by atoms with Gasteiger partial charge in [-0.25, -0.2) is 9.59 Å². The number of benzene rings is 1. The summed E-state index contributed by atoms with van der Waals surface area (Å²) in [5.41, 5.74) is 0.741. The van der Waals surface area contributed by atoms with Crippen LogP contribution in [0.25, 0.3) is 6.08 Å². The Morgan fingerprint density at radius 3 is 2.47 bits per heavy atom. The van der Waals surface area contributed by atoms with Crippen LogP contribution in [0.3, 0.4) is 0 Å². The molecule has 188 valence electrons. The fourth-order valence-corrected chi connectivity index (χ4v) is 3.01. The molecule has 2 rings (SSSR count). The van der Waals surface area contributed by atoms with Crippen molar-refractivity contribution in [3.63, 3.8) is 0 Å². The Bertz CT molecular complexity index is 950. The van der Waals surface area contributed by atoms with E-state index in [0.717, 1.165) is 11.6 Å². The van der Waals surface area contributed by atoms with Crippen LogP contribution in [0.5, 0.6) is 5.75 Å². The normalized spacial score (nSPS) is 15.0. The quantitative estimate of drug-likeness (QED) is 0.208. The predicted molar refractivity (Wildman–Crippen MR) is 108 cm³/mol. The number of hydrogen-bond donors (Lipinski definition) is 0. The summed E-state index contributed by atoms with van der Waals surface area (Å²) in [6.45, 7) is 2.40. The Morgan fingerprint density at radius 1 is 1.15 bits per heavy atom. The molecule has 1 atom stereocenters. The number of fused-ring (bicyclic) bond motifs is 1. The average molecular weight is 492 g/mol. The number of carbonyl (C=O) groups excluding carboxylic acids is 2. The summed E-state index contributed by atoms with van der Waals surface area (Å²) >= 11 is 0. The number of esters is 1. The summed E-state index contributed by atoms with van der Waals surface area (Å²) in [7, 11) is 1.60. The third-order valence-electron chi connectivity index (χ3n) is 4.54.